The first-order valence-corrected chi connectivity index (χ1v) is 43.6. The van der Waals surface area contributed by atoms with Crippen LogP contribution in [0.1, 0.15) is 34.6 Å². The molecular weight excluding hydrogens is 1880 g/mol. The van der Waals surface area contributed by atoms with Crippen molar-refractivity contribution in [1.82, 2.24) is 26.6 Å². The van der Waals surface area contributed by atoms with Gasteiger partial charge in [-0.2, -0.15) is 0 Å². The molecule has 0 radical (unpaired) electrons. The molecule has 0 saturated carbocycles. The quantitative estimate of drug-likeness (QED) is 0.0277. The van der Waals surface area contributed by atoms with Crippen LogP contribution in [0.5, 0.6) is 0 Å². The summed E-state index contributed by atoms with van der Waals surface area (Å²) < 4.78 is 128. The molecule has 0 spiro atoms. The average molecular weight is 2010 g/mol. The van der Waals surface area contributed by atoms with Gasteiger partial charge in [0.2, 0.25) is 29.5 Å². The monoisotopic (exact) mass is 2010 g/mol. The molecular formula is C76H127N5O56. The van der Waals surface area contributed by atoms with Gasteiger partial charge in [0.1, 0.15) is 268 Å². The zero-order valence-corrected chi connectivity index (χ0v) is 73.6. The van der Waals surface area contributed by atoms with E-state index < -0.39 is 440 Å². The third kappa shape index (κ3) is 25.2. The second-order valence-electron chi connectivity index (χ2n) is 34.6. The molecule has 792 valence electrons. The lowest BCUT2D eigenvalue weighted by molar-refractivity contribution is -0.413. The molecule has 55 atom stereocenters. The fourth-order valence-corrected chi connectivity index (χ4v) is 17.7. The highest BCUT2D eigenvalue weighted by molar-refractivity contribution is 5.75. The maximum absolute atomic E-state index is 13.6. The molecule has 11 heterocycles. The second-order valence-corrected chi connectivity index (χ2v) is 34.6. The lowest BCUT2D eigenvalue weighted by Crippen LogP contribution is -2.72. The summed E-state index contributed by atoms with van der Waals surface area (Å²) in [6, 6.07) is -10.1. The minimum Gasteiger partial charge on any atom is -0.394 e. The summed E-state index contributed by atoms with van der Waals surface area (Å²) in [6.45, 7) is -8.72. The zero-order valence-electron chi connectivity index (χ0n) is 73.6. The van der Waals surface area contributed by atoms with Gasteiger partial charge in [-0.25, -0.2) is 0 Å². The van der Waals surface area contributed by atoms with Crippen LogP contribution >= 0.6 is 0 Å². The molecule has 0 aliphatic carbocycles. The largest absolute Gasteiger partial charge is 0.394 e. The van der Waals surface area contributed by atoms with Crippen LogP contribution < -0.4 is 26.6 Å². The number of ether oxygens (including phenoxy) is 21. The number of hydrogen-bond donors (Lipinski definition) is 35. The van der Waals surface area contributed by atoms with Crippen LogP contribution in [0.15, 0.2) is 0 Å². The van der Waals surface area contributed by atoms with E-state index in [1.54, 1.807) is 0 Å². The molecule has 61 heteroatoms. The van der Waals surface area contributed by atoms with Gasteiger partial charge in [-0.05, 0) is 0 Å². The van der Waals surface area contributed by atoms with Crippen molar-refractivity contribution in [3.63, 3.8) is 0 Å². The molecule has 137 heavy (non-hydrogen) atoms. The van der Waals surface area contributed by atoms with Crippen LogP contribution in [-0.4, -0.2) is 593 Å². The summed E-state index contributed by atoms with van der Waals surface area (Å²) >= 11 is 0. The number of amides is 5. The summed E-state index contributed by atoms with van der Waals surface area (Å²) in [5.41, 5.74) is 0. The van der Waals surface area contributed by atoms with Crippen LogP contribution in [0.4, 0.5) is 0 Å². The van der Waals surface area contributed by atoms with Gasteiger partial charge in [0.05, 0.1) is 72.7 Å². The third-order valence-corrected chi connectivity index (χ3v) is 25.0. The van der Waals surface area contributed by atoms with Crippen molar-refractivity contribution >= 4 is 29.5 Å². The molecule has 0 aromatic heterocycles. The van der Waals surface area contributed by atoms with Gasteiger partial charge in [0, 0.05) is 34.6 Å². The first-order chi connectivity index (χ1) is 64.8. The molecule has 61 nitrogen and oxygen atoms in total. The van der Waals surface area contributed by atoms with Gasteiger partial charge in [-0.1, -0.05) is 0 Å². The maximum atomic E-state index is 13.6. The highest BCUT2D eigenvalue weighted by atomic mass is 16.8. The molecule has 0 aromatic carbocycles. The molecule has 5 amide bonds. The summed E-state index contributed by atoms with van der Waals surface area (Å²) in [7, 11) is 0. The molecule has 11 aliphatic rings. The van der Waals surface area contributed by atoms with Gasteiger partial charge in [-0.15, -0.1) is 0 Å². The molecule has 11 aliphatic heterocycles. The van der Waals surface area contributed by atoms with E-state index in [-0.39, 0.29) is 0 Å². The highest BCUT2D eigenvalue weighted by Gasteiger charge is 2.64. The van der Waals surface area contributed by atoms with Crippen molar-refractivity contribution in [2.75, 3.05) is 72.7 Å². The van der Waals surface area contributed by atoms with Crippen molar-refractivity contribution in [2.24, 2.45) is 0 Å². The Hall–Kier alpha value is -4.69. The Morgan fingerprint density at radius 1 is 0.190 bits per heavy atom. The molecule has 0 bridgehead atoms. The van der Waals surface area contributed by atoms with E-state index in [1.165, 1.54) is 0 Å². The van der Waals surface area contributed by atoms with Crippen molar-refractivity contribution in [3.8, 4) is 0 Å². The smallest absolute Gasteiger partial charge is 0.217 e. The molecule has 11 saturated heterocycles. The van der Waals surface area contributed by atoms with Gasteiger partial charge < -0.3 is 279 Å². The second kappa shape index (κ2) is 49.5. The Kier molecular flexibility index (Phi) is 40.7. The lowest BCUT2D eigenvalue weighted by atomic mass is 9.93. The fraction of sp³-hybridized carbons (Fsp3) is 0.934. The summed E-state index contributed by atoms with van der Waals surface area (Å²) in [6.07, 6.45) is -112. The molecule has 11 fully saturated rings. The highest BCUT2D eigenvalue weighted by Crippen LogP contribution is 2.43. The fourth-order valence-electron chi connectivity index (χ4n) is 17.7. The van der Waals surface area contributed by atoms with E-state index in [9.17, 15) is 177 Å². The zero-order chi connectivity index (χ0) is 101. The molecule has 11 rings (SSSR count). The van der Waals surface area contributed by atoms with E-state index in [4.69, 9.17) is 99.5 Å². The number of aliphatic hydroxyl groups is 30. The minimum atomic E-state index is -2.88. The Labute approximate surface area is 775 Å². The number of hydrogen-bond acceptors (Lipinski definition) is 56. The predicted molar refractivity (Wildman–Crippen MR) is 420 cm³/mol. The summed E-state index contributed by atoms with van der Waals surface area (Å²) in [5, 5.41) is 351. The van der Waals surface area contributed by atoms with E-state index in [0.29, 0.717) is 0 Å². The van der Waals surface area contributed by atoms with Gasteiger partial charge in [0.15, 0.2) is 69.2 Å². The van der Waals surface area contributed by atoms with Crippen LogP contribution in [0, 0.1) is 0 Å². The molecule has 35 N–H and O–H groups in total. The number of nitrogens with one attached hydrogen (secondary N) is 5. The van der Waals surface area contributed by atoms with E-state index in [2.05, 4.69) is 26.6 Å². The van der Waals surface area contributed by atoms with Crippen LogP contribution in [0.3, 0.4) is 0 Å². The van der Waals surface area contributed by atoms with Crippen LogP contribution in [0.25, 0.3) is 0 Å². The van der Waals surface area contributed by atoms with Crippen molar-refractivity contribution in [1.29, 1.82) is 0 Å². The van der Waals surface area contributed by atoms with Crippen molar-refractivity contribution in [2.45, 2.75) is 372 Å². The first-order valence-electron chi connectivity index (χ1n) is 43.6. The minimum absolute atomic E-state index is 0.847. The SMILES string of the molecule is CC(=O)N[C@H]1[C@H](O[C@H]2[C@H](O)[C@@H](NC(C)=O)C(O)O[C@@H]2CO)O[C@H](CO)[C@@H](O[C@@H]2O[C@H](CO[C@H]3O[C@H](CO[C@H]4O[C@H](CO)[C@@H](O)[C@H](O)[C@@H]4O)[C@@H](O)[C@H](O[C@H]4O[C@H](CO)[C@@H](O)[C@H](O)[C@@H]4O)[C@@H]3O)[C@@H](O[C@@H]3O[C@H](CO)[C@@H](O)[C@H](O)[C@H]3NC(C)=O)[C@H](O[C@H]3O[C@H](CO)[C@@H](O[C@@H]4O[C@H](CO)[C@@H](O[C@@H]5O[C@H](CO)[C@H](O)[C@H](O)[C@H]5O)[C@H](O)[C@H]4NC(C)=O)[C@H](O)[C@@H]3O[C@@H]3O[C@H](CO)[C@@H](O)[C@H](O)[C@H]3NC(C)=O)[C@@H]2O)[C@@H]1O. The van der Waals surface area contributed by atoms with E-state index in [0.717, 1.165) is 34.6 Å². The Morgan fingerprint density at radius 2 is 0.423 bits per heavy atom. The number of carbonyl (C=O) groups is 5. The number of carbonyl (C=O) groups excluding carboxylic acids is 5. The van der Waals surface area contributed by atoms with E-state index >= 15 is 0 Å². The molecule has 0 aromatic rings. The number of aliphatic hydroxyl groups excluding tert-OH is 30. The number of rotatable bonds is 36. The van der Waals surface area contributed by atoms with Gasteiger partial charge in [-0.3, -0.25) is 24.0 Å². The average Bonchev–Trinajstić information content (AvgIpc) is 0.756. The first kappa shape index (κ1) is 113. The van der Waals surface area contributed by atoms with Gasteiger partial charge in [0.25, 0.3) is 0 Å². The summed E-state index contributed by atoms with van der Waals surface area (Å²) in [4.78, 5) is 65.5. The summed E-state index contributed by atoms with van der Waals surface area (Å²) in [5.74, 6) is -4.99. The topological polar surface area (TPSA) is 946 Å². The van der Waals surface area contributed by atoms with Crippen LogP contribution in [-0.2, 0) is 123 Å². The van der Waals surface area contributed by atoms with E-state index in [1.807, 2.05) is 0 Å². The van der Waals surface area contributed by atoms with Gasteiger partial charge >= 0.3 is 0 Å². The standard InChI is InChI=1S/C76H127N5O56/c1-17(91)77-33-46(104)58(27(11-87)119-66(33)116)130-69-36(80-20(4)94)48(106)60(29(13-89)125-69)133-75-57(115)64(136-76-65(137-68-35(79-19(3)93)45(103)39(97)23(7-83)121-68)55(113)61(30(14-90)127-76)131-70-37(81-21(5)95)47(105)59(28(12-88)126-70)132-73-53(111)50(108)41(99)25(9-85)123-73)62(134-67-34(78-18(2)92)44(102)38(96)22(6-82)120-67)32(129-75)16-118-72-56(114)63(135-74-54(112)51(109)42(100)26(10-86)124-74)43(101)31(128-72)15-117-71-52(110)49(107)40(98)24(8-84)122-71/h22-76,82-90,96-116H,6-16H2,1-5H3,(H,77,91)(H,78,92)(H,79,93)(H,80,94)(H,81,95)/t22-,23-,24-,25-,26-,27-,28-,29-,30-,31-,32-,33-,34-,35-,36-,37-,38-,39-,40-,41+,42-,43-,44-,45-,46-,47-,48-,49+,50+,51+,52+,53-,54+,55+,56+,57+,58-,59-,60-,61-,62-,63+,64-,65+,66?,67+,68+,69+,70+,71+,72+,73+,74-,75+,76-/m1/s1. The Morgan fingerprint density at radius 3 is 0.803 bits per heavy atom. The normalized spacial score (nSPS) is 48.9. The molecule has 1 unspecified atom stereocenters. The Balaban J connectivity index is 1.06. The predicted octanol–water partition coefficient (Wildman–Crippen LogP) is -24.3. The maximum Gasteiger partial charge on any atom is 0.217 e. The lowest BCUT2D eigenvalue weighted by Gasteiger charge is -2.53. The Bertz CT molecular complexity index is 3780. The van der Waals surface area contributed by atoms with Crippen LogP contribution in [0.2, 0.25) is 0 Å². The van der Waals surface area contributed by atoms with Crippen molar-refractivity contribution in [3.05, 3.63) is 0 Å². The van der Waals surface area contributed by atoms with Crippen molar-refractivity contribution < 1.29 is 277 Å². The third-order valence-electron chi connectivity index (χ3n) is 25.0.